The van der Waals surface area contributed by atoms with Gasteiger partial charge >= 0.3 is 0 Å². The fraction of sp³-hybridized carbons (Fsp3) is 0.524. The van der Waals surface area contributed by atoms with Gasteiger partial charge in [0.1, 0.15) is 0 Å². The highest BCUT2D eigenvalue weighted by Gasteiger charge is 2.28. The number of hydrogen-bond donors (Lipinski definition) is 0. The molecule has 1 fully saturated rings. The normalized spacial score (nSPS) is 17.4. The van der Waals surface area contributed by atoms with Gasteiger partial charge < -0.3 is 9.64 Å². The van der Waals surface area contributed by atoms with Crippen molar-refractivity contribution in [1.29, 1.82) is 0 Å². The van der Waals surface area contributed by atoms with Crippen molar-refractivity contribution in [1.82, 2.24) is 9.88 Å². The molecule has 3 rings (SSSR count). The van der Waals surface area contributed by atoms with Crippen LogP contribution in [0.2, 0.25) is 0 Å². The number of amides is 1. The van der Waals surface area contributed by atoms with E-state index in [4.69, 9.17) is 4.74 Å². The molecule has 0 saturated carbocycles. The lowest BCUT2D eigenvalue weighted by Gasteiger charge is -2.18. The largest absolute Gasteiger partial charge is 0.381 e. The number of carbonyl (C=O) groups is 1. The van der Waals surface area contributed by atoms with Crippen molar-refractivity contribution in [2.75, 3.05) is 26.3 Å². The molecule has 1 atom stereocenters. The van der Waals surface area contributed by atoms with E-state index in [1.54, 1.807) is 0 Å². The van der Waals surface area contributed by atoms with Crippen molar-refractivity contribution < 1.29 is 9.53 Å². The first-order chi connectivity index (χ1) is 12.1. The van der Waals surface area contributed by atoms with E-state index in [0.29, 0.717) is 5.92 Å². The topological polar surface area (TPSA) is 42.4 Å². The van der Waals surface area contributed by atoms with Crippen molar-refractivity contribution in [2.24, 2.45) is 5.92 Å². The average molecular weight is 340 g/mol. The third-order valence-corrected chi connectivity index (χ3v) is 4.91. The first-order valence-electron chi connectivity index (χ1n) is 9.39. The van der Waals surface area contributed by atoms with E-state index >= 15 is 0 Å². The zero-order valence-corrected chi connectivity index (χ0v) is 15.5. The summed E-state index contributed by atoms with van der Waals surface area (Å²) in [5.74, 6) is 0.581. The fourth-order valence-corrected chi connectivity index (χ4v) is 3.52. The van der Waals surface area contributed by atoms with E-state index in [1.165, 1.54) is 5.56 Å². The molecule has 0 aliphatic carbocycles. The molecule has 25 heavy (non-hydrogen) atoms. The lowest BCUT2D eigenvalue weighted by Crippen LogP contribution is -2.29. The molecule has 1 saturated heterocycles. The van der Waals surface area contributed by atoms with Gasteiger partial charge in [0.05, 0.1) is 17.7 Å². The minimum absolute atomic E-state index is 0.127. The number of carbonyl (C=O) groups excluding carboxylic acids is 1. The molecule has 2 aromatic rings. The summed E-state index contributed by atoms with van der Waals surface area (Å²) < 4.78 is 5.67. The Hall–Kier alpha value is -1.94. The fourth-order valence-electron chi connectivity index (χ4n) is 3.52. The summed E-state index contributed by atoms with van der Waals surface area (Å²) in [6.45, 7) is 9.37. The van der Waals surface area contributed by atoms with Crippen LogP contribution in [0.3, 0.4) is 0 Å². The molecule has 4 heteroatoms. The summed E-state index contributed by atoms with van der Waals surface area (Å²) >= 11 is 0. The molecule has 1 unspecified atom stereocenters. The molecule has 0 bridgehead atoms. The molecule has 1 aliphatic rings. The van der Waals surface area contributed by atoms with Crippen LogP contribution in [-0.4, -0.2) is 42.1 Å². The van der Waals surface area contributed by atoms with Crippen molar-refractivity contribution in [3.05, 3.63) is 41.1 Å². The molecule has 1 aliphatic heterocycles. The van der Waals surface area contributed by atoms with Gasteiger partial charge in [0.2, 0.25) is 0 Å². The standard InChI is InChI=1S/C21H28N2O2/c1-4-10-25-14-17-8-9-23(13-17)21(24)19-11-15(3)22-20-7-6-16(5-2)12-18(19)20/h6-7,11-12,17H,4-5,8-10,13-14H2,1-3H3. The number of aryl methyl sites for hydroxylation is 2. The van der Waals surface area contributed by atoms with Gasteiger partial charge in [-0.15, -0.1) is 0 Å². The second kappa shape index (κ2) is 7.96. The maximum Gasteiger partial charge on any atom is 0.254 e. The van der Waals surface area contributed by atoms with E-state index in [1.807, 2.05) is 24.0 Å². The SMILES string of the molecule is CCCOCC1CCN(C(=O)c2cc(C)nc3ccc(CC)cc23)C1. The highest BCUT2D eigenvalue weighted by atomic mass is 16.5. The van der Waals surface area contributed by atoms with Crippen molar-refractivity contribution in [2.45, 2.75) is 40.0 Å². The molecule has 1 amide bonds. The highest BCUT2D eigenvalue weighted by molar-refractivity contribution is 6.06. The second-order valence-electron chi connectivity index (χ2n) is 7.00. The van der Waals surface area contributed by atoms with Gasteiger partial charge in [-0.2, -0.15) is 0 Å². The Morgan fingerprint density at radius 2 is 2.16 bits per heavy atom. The summed E-state index contributed by atoms with van der Waals surface area (Å²) in [5, 5.41) is 0.973. The van der Waals surface area contributed by atoms with Gasteiger partial charge in [-0.25, -0.2) is 0 Å². The van der Waals surface area contributed by atoms with Crippen LogP contribution < -0.4 is 0 Å². The molecule has 4 nitrogen and oxygen atoms in total. The smallest absolute Gasteiger partial charge is 0.254 e. The first kappa shape index (κ1) is 17.9. The average Bonchev–Trinajstić information content (AvgIpc) is 3.09. The van der Waals surface area contributed by atoms with Crippen LogP contribution in [0.5, 0.6) is 0 Å². The number of likely N-dealkylation sites (tertiary alicyclic amines) is 1. The van der Waals surface area contributed by atoms with E-state index in [-0.39, 0.29) is 5.91 Å². The van der Waals surface area contributed by atoms with Gasteiger partial charge in [-0.3, -0.25) is 9.78 Å². The molecular formula is C21H28N2O2. The molecule has 134 valence electrons. The summed E-state index contributed by atoms with van der Waals surface area (Å²) in [4.78, 5) is 19.7. The zero-order chi connectivity index (χ0) is 17.8. The molecule has 0 spiro atoms. The van der Waals surface area contributed by atoms with Gasteiger partial charge in [0.25, 0.3) is 5.91 Å². The maximum atomic E-state index is 13.1. The number of hydrogen-bond acceptors (Lipinski definition) is 3. The number of rotatable bonds is 6. The molecule has 0 N–H and O–H groups in total. The van der Waals surface area contributed by atoms with E-state index < -0.39 is 0 Å². The summed E-state index contributed by atoms with van der Waals surface area (Å²) in [7, 11) is 0. The Labute approximate surface area is 150 Å². The number of ether oxygens (including phenoxy) is 1. The van der Waals surface area contributed by atoms with Crippen LogP contribution in [0.25, 0.3) is 10.9 Å². The maximum absolute atomic E-state index is 13.1. The lowest BCUT2D eigenvalue weighted by atomic mass is 10.0. The second-order valence-corrected chi connectivity index (χ2v) is 7.00. The minimum Gasteiger partial charge on any atom is -0.381 e. The van der Waals surface area contributed by atoms with Gasteiger partial charge in [-0.1, -0.05) is 19.9 Å². The predicted molar refractivity (Wildman–Crippen MR) is 101 cm³/mol. The molecule has 1 aromatic carbocycles. The highest BCUT2D eigenvalue weighted by Crippen LogP contribution is 2.25. The minimum atomic E-state index is 0.127. The van der Waals surface area contributed by atoms with Gasteiger partial charge in [-0.05, 0) is 49.9 Å². The van der Waals surface area contributed by atoms with E-state index in [2.05, 4.69) is 31.0 Å². The van der Waals surface area contributed by atoms with Gasteiger partial charge in [0, 0.05) is 36.7 Å². The van der Waals surface area contributed by atoms with Crippen molar-refractivity contribution >= 4 is 16.8 Å². The molecule has 0 radical (unpaired) electrons. The third-order valence-electron chi connectivity index (χ3n) is 4.91. The summed E-state index contributed by atoms with van der Waals surface area (Å²) in [5.41, 5.74) is 3.82. The zero-order valence-electron chi connectivity index (χ0n) is 15.5. The van der Waals surface area contributed by atoms with Crippen molar-refractivity contribution in [3.8, 4) is 0 Å². The molecule has 1 aromatic heterocycles. The van der Waals surface area contributed by atoms with Gasteiger partial charge in [0.15, 0.2) is 0 Å². The van der Waals surface area contributed by atoms with Crippen molar-refractivity contribution in [3.63, 3.8) is 0 Å². The monoisotopic (exact) mass is 340 g/mol. The van der Waals surface area contributed by atoms with Crippen LogP contribution in [0.4, 0.5) is 0 Å². The Kier molecular flexibility index (Phi) is 5.69. The first-order valence-corrected chi connectivity index (χ1v) is 9.39. The Balaban J connectivity index is 1.82. The van der Waals surface area contributed by atoms with Crippen LogP contribution in [-0.2, 0) is 11.2 Å². The van der Waals surface area contributed by atoms with Crippen LogP contribution >= 0.6 is 0 Å². The van der Waals surface area contributed by atoms with E-state index in [9.17, 15) is 4.79 Å². The number of nitrogens with zero attached hydrogens (tertiary/aromatic N) is 2. The molecule has 2 heterocycles. The summed E-state index contributed by atoms with van der Waals surface area (Å²) in [6.07, 6.45) is 3.02. The third kappa shape index (κ3) is 4.01. The van der Waals surface area contributed by atoms with Crippen LogP contribution in [0, 0.1) is 12.8 Å². The molecular weight excluding hydrogens is 312 g/mol. The lowest BCUT2D eigenvalue weighted by molar-refractivity contribution is 0.0756. The van der Waals surface area contributed by atoms with E-state index in [0.717, 1.165) is 67.7 Å². The van der Waals surface area contributed by atoms with Crippen LogP contribution in [0.15, 0.2) is 24.3 Å². The Bertz CT molecular complexity index is 757. The Morgan fingerprint density at radius 3 is 2.92 bits per heavy atom. The number of pyridine rings is 1. The number of benzene rings is 1. The predicted octanol–water partition coefficient (Wildman–Crippen LogP) is 3.99. The Morgan fingerprint density at radius 1 is 1.32 bits per heavy atom. The number of aromatic nitrogens is 1. The number of fused-ring (bicyclic) bond motifs is 1. The summed E-state index contributed by atoms with van der Waals surface area (Å²) in [6, 6.07) is 8.18. The quantitative estimate of drug-likeness (QED) is 0.747. The van der Waals surface area contributed by atoms with Crippen LogP contribution in [0.1, 0.15) is 48.3 Å².